The Kier molecular flexibility index (Phi) is 4.93. The standard InChI is InChI=1S/C15H15BrFNO/c16-14-9-11(6-7-15(14)17)8-12(18)10-19-13-4-2-1-3-5-13/h1-7,9,12H,8,10,18H2. The highest BCUT2D eigenvalue weighted by Crippen LogP contribution is 2.18. The van der Waals surface area contributed by atoms with Crippen molar-refractivity contribution in [2.24, 2.45) is 5.73 Å². The van der Waals surface area contributed by atoms with Gasteiger partial charge in [0.05, 0.1) is 4.47 Å². The van der Waals surface area contributed by atoms with Crippen LogP contribution in [0.3, 0.4) is 0 Å². The largest absolute Gasteiger partial charge is 0.492 e. The average Bonchev–Trinajstić information content (AvgIpc) is 2.42. The fourth-order valence-corrected chi connectivity index (χ4v) is 2.17. The first-order valence-corrected chi connectivity index (χ1v) is 6.82. The Morgan fingerprint density at radius 2 is 1.89 bits per heavy atom. The molecular formula is C15H15BrFNO. The highest BCUT2D eigenvalue weighted by atomic mass is 79.9. The summed E-state index contributed by atoms with van der Waals surface area (Å²) in [6, 6.07) is 14.3. The van der Waals surface area contributed by atoms with Crippen molar-refractivity contribution in [1.82, 2.24) is 0 Å². The second-order valence-corrected chi connectivity index (χ2v) is 5.19. The summed E-state index contributed by atoms with van der Waals surface area (Å²) in [5, 5.41) is 0. The molecule has 0 amide bonds. The van der Waals surface area contributed by atoms with Gasteiger partial charge in [0.25, 0.3) is 0 Å². The Bertz CT molecular complexity index is 533. The van der Waals surface area contributed by atoms with Crippen LogP contribution in [0.5, 0.6) is 5.75 Å². The van der Waals surface area contributed by atoms with Crippen molar-refractivity contribution in [3.8, 4) is 5.75 Å². The van der Waals surface area contributed by atoms with E-state index in [1.807, 2.05) is 30.3 Å². The van der Waals surface area contributed by atoms with Gasteiger partial charge in [-0.05, 0) is 52.2 Å². The fourth-order valence-electron chi connectivity index (χ4n) is 1.75. The first-order chi connectivity index (χ1) is 9.15. The lowest BCUT2D eigenvalue weighted by Gasteiger charge is -2.13. The van der Waals surface area contributed by atoms with Crippen molar-refractivity contribution < 1.29 is 9.13 Å². The van der Waals surface area contributed by atoms with E-state index in [1.165, 1.54) is 6.07 Å². The van der Waals surface area contributed by atoms with Crippen LogP contribution in [0.4, 0.5) is 4.39 Å². The Labute approximate surface area is 120 Å². The summed E-state index contributed by atoms with van der Waals surface area (Å²) in [6.45, 7) is 0.430. The van der Waals surface area contributed by atoms with Crippen LogP contribution in [0.2, 0.25) is 0 Å². The molecular weight excluding hydrogens is 309 g/mol. The van der Waals surface area contributed by atoms with Crippen LogP contribution in [-0.4, -0.2) is 12.6 Å². The molecule has 2 aromatic carbocycles. The molecule has 19 heavy (non-hydrogen) atoms. The molecule has 1 atom stereocenters. The van der Waals surface area contributed by atoms with Crippen molar-refractivity contribution >= 4 is 15.9 Å². The third-order valence-electron chi connectivity index (χ3n) is 2.69. The van der Waals surface area contributed by atoms with Crippen LogP contribution in [0.25, 0.3) is 0 Å². The number of para-hydroxylation sites is 1. The number of ether oxygens (including phenoxy) is 1. The molecule has 0 heterocycles. The van der Waals surface area contributed by atoms with Crippen LogP contribution in [0.1, 0.15) is 5.56 Å². The van der Waals surface area contributed by atoms with E-state index in [9.17, 15) is 4.39 Å². The fraction of sp³-hybridized carbons (Fsp3) is 0.200. The van der Waals surface area contributed by atoms with Crippen LogP contribution >= 0.6 is 15.9 Å². The summed E-state index contributed by atoms with van der Waals surface area (Å²) in [7, 11) is 0. The molecule has 4 heteroatoms. The van der Waals surface area contributed by atoms with Crippen LogP contribution < -0.4 is 10.5 Å². The van der Waals surface area contributed by atoms with Gasteiger partial charge in [0.15, 0.2) is 0 Å². The third kappa shape index (κ3) is 4.33. The van der Waals surface area contributed by atoms with E-state index in [-0.39, 0.29) is 11.9 Å². The quantitative estimate of drug-likeness (QED) is 0.913. The molecule has 2 rings (SSSR count). The number of rotatable bonds is 5. The minimum Gasteiger partial charge on any atom is -0.492 e. The maximum atomic E-state index is 13.1. The van der Waals surface area contributed by atoms with Crippen molar-refractivity contribution in [2.45, 2.75) is 12.5 Å². The molecule has 0 fully saturated rings. The topological polar surface area (TPSA) is 35.2 Å². The monoisotopic (exact) mass is 323 g/mol. The second kappa shape index (κ2) is 6.68. The molecule has 0 aliphatic heterocycles. The number of halogens is 2. The molecule has 0 aromatic heterocycles. The molecule has 100 valence electrons. The Morgan fingerprint density at radius 1 is 1.16 bits per heavy atom. The molecule has 1 unspecified atom stereocenters. The number of hydrogen-bond donors (Lipinski definition) is 1. The second-order valence-electron chi connectivity index (χ2n) is 4.34. The van der Waals surface area contributed by atoms with E-state index in [2.05, 4.69) is 15.9 Å². The number of nitrogens with two attached hydrogens (primary N) is 1. The summed E-state index contributed by atoms with van der Waals surface area (Å²) >= 11 is 3.16. The first-order valence-electron chi connectivity index (χ1n) is 6.02. The average molecular weight is 324 g/mol. The summed E-state index contributed by atoms with van der Waals surface area (Å²) < 4.78 is 19.1. The normalized spacial score (nSPS) is 12.2. The van der Waals surface area contributed by atoms with Gasteiger partial charge in [0, 0.05) is 6.04 Å². The highest BCUT2D eigenvalue weighted by Gasteiger charge is 2.07. The van der Waals surface area contributed by atoms with Crippen molar-refractivity contribution in [3.63, 3.8) is 0 Å². The van der Waals surface area contributed by atoms with E-state index < -0.39 is 0 Å². The van der Waals surface area contributed by atoms with E-state index >= 15 is 0 Å². The number of hydrogen-bond acceptors (Lipinski definition) is 2. The molecule has 0 bridgehead atoms. The van der Waals surface area contributed by atoms with Gasteiger partial charge < -0.3 is 10.5 Å². The first kappa shape index (κ1) is 14.0. The van der Waals surface area contributed by atoms with Crippen molar-refractivity contribution in [2.75, 3.05) is 6.61 Å². The molecule has 0 spiro atoms. The van der Waals surface area contributed by atoms with Crippen LogP contribution in [0.15, 0.2) is 53.0 Å². The summed E-state index contributed by atoms with van der Waals surface area (Å²) in [5.41, 5.74) is 6.99. The van der Waals surface area contributed by atoms with E-state index in [0.717, 1.165) is 11.3 Å². The third-order valence-corrected chi connectivity index (χ3v) is 3.30. The van der Waals surface area contributed by atoms with Crippen LogP contribution in [-0.2, 0) is 6.42 Å². The maximum absolute atomic E-state index is 13.1. The lowest BCUT2D eigenvalue weighted by molar-refractivity contribution is 0.287. The number of benzene rings is 2. The zero-order valence-corrected chi connectivity index (χ0v) is 11.9. The molecule has 2 N–H and O–H groups in total. The minimum atomic E-state index is -0.266. The van der Waals surface area contributed by atoms with Gasteiger partial charge in [0.2, 0.25) is 0 Å². The van der Waals surface area contributed by atoms with Gasteiger partial charge in [-0.15, -0.1) is 0 Å². The zero-order valence-electron chi connectivity index (χ0n) is 10.4. The van der Waals surface area contributed by atoms with Crippen molar-refractivity contribution in [3.05, 3.63) is 64.4 Å². The molecule has 0 aliphatic rings. The van der Waals surface area contributed by atoms with E-state index in [1.54, 1.807) is 12.1 Å². The van der Waals surface area contributed by atoms with Crippen LogP contribution in [0, 0.1) is 5.82 Å². The highest BCUT2D eigenvalue weighted by molar-refractivity contribution is 9.10. The smallest absolute Gasteiger partial charge is 0.137 e. The molecule has 0 aliphatic carbocycles. The SMILES string of the molecule is NC(COc1ccccc1)Cc1ccc(F)c(Br)c1. The van der Waals surface area contributed by atoms with Gasteiger partial charge in [-0.1, -0.05) is 24.3 Å². The van der Waals surface area contributed by atoms with Gasteiger partial charge in [-0.25, -0.2) is 4.39 Å². The Balaban J connectivity index is 1.87. The molecule has 2 nitrogen and oxygen atoms in total. The predicted molar refractivity (Wildman–Crippen MR) is 77.7 cm³/mol. The van der Waals surface area contributed by atoms with Gasteiger partial charge >= 0.3 is 0 Å². The Morgan fingerprint density at radius 3 is 2.58 bits per heavy atom. The van der Waals surface area contributed by atoms with Gasteiger partial charge in [-0.3, -0.25) is 0 Å². The predicted octanol–water partition coefficient (Wildman–Crippen LogP) is 3.54. The summed E-state index contributed by atoms with van der Waals surface area (Å²) in [5.74, 6) is 0.538. The lowest BCUT2D eigenvalue weighted by atomic mass is 10.1. The van der Waals surface area contributed by atoms with Gasteiger partial charge in [0.1, 0.15) is 18.2 Å². The lowest BCUT2D eigenvalue weighted by Crippen LogP contribution is -2.30. The maximum Gasteiger partial charge on any atom is 0.137 e. The zero-order chi connectivity index (χ0) is 13.7. The summed E-state index contributed by atoms with van der Waals surface area (Å²) in [4.78, 5) is 0. The summed E-state index contributed by atoms with van der Waals surface area (Å²) in [6.07, 6.45) is 0.645. The van der Waals surface area contributed by atoms with Crippen molar-refractivity contribution in [1.29, 1.82) is 0 Å². The van der Waals surface area contributed by atoms with E-state index in [4.69, 9.17) is 10.5 Å². The Hall–Kier alpha value is -1.39. The van der Waals surface area contributed by atoms with E-state index in [0.29, 0.717) is 17.5 Å². The molecule has 0 saturated heterocycles. The van der Waals surface area contributed by atoms with Gasteiger partial charge in [-0.2, -0.15) is 0 Å². The minimum absolute atomic E-state index is 0.127. The molecule has 0 radical (unpaired) electrons. The molecule has 0 saturated carbocycles. The molecule has 2 aromatic rings.